The van der Waals surface area contributed by atoms with E-state index < -0.39 is 0 Å². The molecule has 9 heteroatoms. The molecule has 0 saturated heterocycles. The number of nitrogens with one attached hydrogen (secondary N) is 2. The first-order valence-electron chi connectivity index (χ1n) is 6.53. The van der Waals surface area contributed by atoms with Crippen molar-refractivity contribution in [2.75, 3.05) is 22.9 Å². The van der Waals surface area contributed by atoms with E-state index in [-0.39, 0.29) is 11.7 Å². The van der Waals surface area contributed by atoms with Crippen molar-refractivity contribution in [1.82, 2.24) is 14.5 Å². The molecule has 0 aliphatic carbocycles. The zero-order valence-electron chi connectivity index (χ0n) is 11.4. The van der Waals surface area contributed by atoms with E-state index in [4.69, 9.17) is 23.8 Å². The van der Waals surface area contributed by atoms with E-state index in [1.54, 1.807) is 24.3 Å². The van der Waals surface area contributed by atoms with E-state index in [0.717, 1.165) is 13.1 Å². The van der Waals surface area contributed by atoms with Gasteiger partial charge >= 0.3 is 0 Å². The molecule has 0 radical (unpaired) electrons. The molecule has 114 valence electrons. The van der Waals surface area contributed by atoms with Crippen LogP contribution in [-0.2, 0) is 11.3 Å². The third-order valence-corrected chi connectivity index (χ3v) is 4.37. The van der Waals surface area contributed by atoms with Gasteiger partial charge in [0.1, 0.15) is 0 Å². The van der Waals surface area contributed by atoms with Gasteiger partial charge < -0.3 is 10.6 Å². The number of hydrogen-bond donors (Lipinski definition) is 2. The smallest absolute Gasteiger partial charge is 0.234 e. The van der Waals surface area contributed by atoms with Crippen LogP contribution in [0.2, 0.25) is 5.02 Å². The van der Waals surface area contributed by atoms with Gasteiger partial charge in [-0.2, -0.15) is 9.97 Å². The van der Waals surface area contributed by atoms with Crippen LogP contribution in [0.3, 0.4) is 0 Å². The van der Waals surface area contributed by atoms with Gasteiger partial charge in [0.25, 0.3) is 0 Å². The van der Waals surface area contributed by atoms with Crippen LogP contribution in [0.1, 0.15) is 0 Å². The number of benzene rings is 1. The molecule has 1 aliphatic heterocycles. The monoisotopic (exact) mass is 353 g/mol. The molecule has 3 rings (SSSR count). The predicted octanol–water partition coefficient (Wildman–Crippen LogP) is 2.82. The van der Waals surface area contributed by atoms with E-state index >= 15 is 0 Å². The highest BCUT2D eigenvalue weighted by Crippen LogP contribution is 2.19. The molecule has 0 spiro atoms. The van der Waals surface area contributed by atoms with Gasteiger partial charge in [-0.1, -0.05) is 23.4 Å². The third kappa shape index (κ3) is 3.57. The summed E-state index contributed by atoms with van der Waals surface area (Å²) in [5.74, 6) is 0.782. The Bertz CT molecular complexity index is 762. The van der Waals surface area contributed by atoms with Crippen molar-refractivity contribution in [2.45, 2.75) is 11.7 Å². The maximum atomic E-state index is 11.9. The number of rotatable bonds is 4. The number of carbonyl (C=O) groups excluding carboxylic acids is 1. The van der Waals surface area contributed by atoms with E-state index in [2.05, 4.69) is 20.6 Å². The van der Waals surface area contributed by atoms with Gasteiger partial charge in [0, 0.05) is 23.8 Å². The van der Waals surface area contributed by atoms with E-state index in [1.165, 1.54) is 11.8 Å². The van der Waals surface area contributed by atoms with Crippen molar-refractivity contribution in [3.63, 3.8) is 0 Å². The van der Waals surface area contributed by atoms with Crippen molar-refractivity contribution in [2.24, 2.45) is 0 Å². The lowest BCUT2D eigenvalue weighted by Gasteiger charge is -2.06. The molecule has 0 fully saturated rings. The SMILES string of the molecule is O=C(CSc1nc2n(c(=S)n1)CCN2)Nc1ccc(Cl)cc1. The Morgan fingerprint density at radius 1 is 1.41 bits per heavy atom. The van der Waals surface area contributed by atoms with Gasteiger partial charge in [-0.05, 0) is 36.5 Å². The number of aromatic nitrogens is 3. The molecule has 2 N–H and O–H groups in total. The van der Waals surface area contributed by atoms with Crippen LogP contribution in [0.15, 0.2) is 29.4 Å². The number of amides is 1. The predicted molar refractivity (Wildman–Crippen MR) is 90.2 cm³/mol. The van der Waals surface area contributed by atoms with Crippen LogP contribution in [0.4, 0.5) is 11.6 Å². The number of nitrogens with zero attached hydrogens (tertiary/aromatic N) is 3. The van der Waals surface area contributed by atoms with Crippen LogP contribution in [0.25, 0.3) is 0 Å². The Hall–Kier alpha value is -1.64. The molecule has 1 aromatic heterocycles. The van der Waals surface area contributed by atoms with Crippen molar-refractivity contribution in [1.29, 1.82) is 0 Å². The normalized spacial score (nSPS) is 12.6. The van der Waals surface area contributed by atoms with Gasteiger partial charge in [0.05, 0.1) is 5.75 Å². The highest BCUT2D eigenvalue weighted by atomic mass is 35.5. The van der Waals surface area contributed by atoms with Gasteiger partial charge in [-0.3, -0.25) is 9.36 Å². The van der Waals surface area contributed by atoms with Gasteiger partial charge in [0.2, 0.25) is 16.6 Å². The van der Waals surface area contributed by atoms with Gasteiger partial charge in [-0.25, -0.2) is 0 Å². The quantitative estimate of drug-likeness (QED) is 0.650. The first kappa shape index (κ1) is 15.3. The molecular weight excluding hydrogens is 342 g/mol. The molecule has 2 heterocycles. The number of hydrogen-bond acceptors (Lipinski definition) is 6. The van der Waals surface area contributed by atoms with Crippen molar-refractivity contribution in [3.05, 3.63) is 34.1 Å². The summed E-state index contributed by atoms with van der Waals surface area (Å²) in [5.41, 5.74) is 0.700. The maximum Gasteiger partial charge on any atom is 0.234 e. The van der Waals surface area contributed by atoms with Crippen LogP contribution in [0.5, 0.6) is 0 Å². The maximum absolute atomic E-state index is 11.9. The first-order chi connectivity index (χ1) is 10.6. The largest absolute Gasteiger partial charge is 0.354 e. The van der Waals surface area contributed by atoms with Crippen LogP contribution >= 0.6 is 35.6 Å². The Morgan fingerprint density at radius 2 is 2.18 bits per heavy atom. The number of carbonyl (C=O) groups is 1. The average molecular weight is 354 g/mol. The molecule has 1 aromatic carbocycles. The lowest BCUT2D eigenvalue weighted by atomic mass is 10.3. The standard InChI is InChI=1S/C13H12ClN5OS2/c14-8-1-3-9(4-2-8)16-10(20)7-22-12-17-11-15-5-6-19(11)13(21)18-12/h1-4H,5-7H2,(H,16,20)(H,15,17,18,21). The minimum Gasteiger partial charge on any atom is -0.354 e. The molecule has 0 bridgehead atoms. The molecule has 6 nitrogen and oxygen atoms in total. The second-order valence-electron chi connectivity index (χ2n) is 4.53. The number of halogens is 1. The Morgan fingerprint density at radius 3 is 2.95 bits per heavy atom. The molecule has 0 saturated carbocycles. The fraction of sp³-hybridized carbons (Fsp3) is 0.231. The molecule has 0 unspecified atom stereocenters. The van der Waals surface area contributed by atoms with Gasteiger partial charge in [-0.15, -0.1) is 0 Å². The number of thioether (sulfide) groups is 1. The third-order valence-electron chi connectivity index (χ3n) is 2.96. The minimum absolute atomic E-state index is 0.136. The highest BCUT2D eigenvalue weighted by Gasteiger charge is 2.14. The highest BCUT2D eigenvalue weighted by molar-refractivity contribution is 7.99. The van der Waals surface area contributed by atoms with Crippen LogP contribution in [0, 0.1) is 4.77 Å². The molecule has 22 heavy (non-hydrogen) atoms. The second-order valence-corrected chi connectivity index (χ2v) is 6.28. The first-order valence-corrected chi connectivity index (χ1v) is 8.30. The summed E-state index contributed by atoms with van der Waals surface area (Å²) >= 11 is 12.3. The topological polar surface area (TPSA) is 71.8 Å². The molecule has 0 atom stereocenters. The fourth-order valence-corrected chi connectivity index (χ4v) is 3.03. The van der Waals surface area contributed by atoms with E-state index in [1.807, 2.05) is 4.57 Å². The van der Waals surface area contributed by atoms with Crippen molar-refractivity contribution < 1.29 is 4.79 Å². The molecule has 1 aliphatic rings. The Balaban J connectivity index is 1.60. The molecule has 2 aromatic rings. The molecular formula is C13H12ClN5OS2. The average Bonchev–Trinajstić information content (AvgIpc) is 2.97. The minimum atomic E-state index is -0.136. The number of anilines is 2. The molecule has 1 amide bonds. The van der Waals surface area contributed by atoms with E-state index in [0.29, 0.717) is 26.6 Å². The lowest BCUT2D eigenvalue weighted by Crippen LogP contribution is -2.14. The zero-order valence-corrected chi connectivity index (χ0v) is 13.8. The fourth-order valence-electron chi connectivity index (χ4n) is 1.95. The van der Waals surface area contributed by atoms with Crippen LogP contribution < -0.4 is 10.6 Å². The van der Waals surface area contributed by atoms with E-state index in [9.17, 15) is 4.79 Å². The summed E-state index contributed by atoms with van der Waals surface area (Å²) in [6, 6.07) is 6.94. The Labute approximate surface area is 141 Å². The van der Waals surface area contributed by atoms with Gasteiger partial charge in [0.15, 0.2) is 5.16 Å². The van der Waals surface area contributed by atoms with Crippen molar-refractivity contribution >= 4 is 53.1 Å². The lowest BCUT2D eigenvalue weighted by molar-refractivity contribution is -0.113. The second kappa shape index (κ2) is 6.64. The summed E-state index contributed by atoms with van der Waals surface area (Å²) in [6.07, 6.45) is 0. The van der Waals surface area contributed by atoms with Crippen molar-refractivity contribution in [3.8, 4) is 0 Å². The summed E-state index contributed by atoms with van der Waals surface area (Å²) in [4.78, 5) is 20.5. The van der Waals surface area contributed by atoms with Crippen LogP contribution in [-0.4, -0.2) is 32.7 Å². The summed E-state index contributed by atoms with van der Waals surface area (Å²) < 4.78 is 2.32. The summed E-state index contributed by atoms with van der Waals surface area (Å²) in [7, 11) is 0. The Kier molecular flexibility index (Phi) is 4.60. The summed E-state index contributed by atoms with van der Waals surface area (Å²) in [6.45, 7) is 1.57. The summed E-state index contributed by atoms with van der Waals surface area (Å²) in [5, 5.41) is 7.04. The number of fused-ring (bicyclic) bond motifs is 1. The zero-order chi connectivity index (χ0) is 15.5.